The molecular formula is C18H30N2O4. The minimum atomic E-state index is -0.843. The normalized spacial score (nSPS) is 27.6. The Labute approximate surface area is 144 Å². The number of hydrogen-bond acceptors (Lipinski definition) is 3. The van der Waals surface area contributed by atoms with E-state index in [-0.39, 0.29) is 30.8 Å². The van der Waals surface area contributed by atoms with Gasteiger partial charge in [-0.2, -0.15) is 0 Å². The third-order valence-electron chi connectivity index (χ3n) is 5.65. The van der Waals surface area contributed by atoms with Gasteiger partial charge in [0.1, 0.15) is 0 Å². The largest absolute Gasteiger partial charge is 0.481 e. The zero-order valence-electron chi connectivity index (χ0n) is 14.9. The molecule has 2 fully saturated rings. The van der Waals surface area contributed by atoms with E-state index in [4.69, 9.17) is 5.11 Å². The summed E-state index contributed by atoms with van der Waals surface area (Å²) in [4.78, 5) is 39.2. The number of nitrogens with zero attached hydrogens (tertiary/aromatic N) is 2. The predicted molar refractivity (Wildman–Crippen MR) is 90.3 cm³/mol. The molecule has 1 unspecified atom stereocenters. The highest BCUT2D eigenvalue weighted by molar-refractivity contribution is 5.86. The van der Waals surface area contributed by atoms with Crippen molar-refractivity contribution in [1.82, 2.24) is 9.80 Å². The summed E-state index contributed by atoms with van der Waals surface area (Å²) >= 11 is 0. The van der Waals surface area contributed by atoms with Crippen molar-refractivity contribution in [3.05, 3.63) is 0 Å². The van der Waals surface area contributed by atoms with Gasteiger partial charge in [-0.3, -0.25) is 14.4 Å². The van der Waals surface area contributed by atoms with Crippen molar-refractivity contribution in [2.75, 3.05) is 26.7 Å². The van der Waals surface area contributed by atoms with Gasteiger partial charge in [-0.05, 0) is 44.4 Å². The predicted octanol–water partition coefficient (Wildman–Crippen LogP) is 1.98. The Morgan fingerprint density at radius 3 is 2.33 bits per heavy atom. The molecule has 2 amide bonds. The zero-order valence-corrected chi connectivity index (χ0v) is 14.9. The van der Waals surface area contributed by atoms with E-state index in [1.165, 1.54) is 11.3 Å². The first-order chi connectivity index (χ1) is 11.4. The zero-order chi connectivity index (χ0) is 17.7. The molecule has 0 aromatic carbocycles. The fourth-order valence-corrected chi connectivity index (χ4v) is 3.92. The number of carboxylic acid groups (broad SMARTS) is 1. The monoisotopic (exact) mass is 338 g/mol. The molecule has 1 N–H and O–H groups in total. The maximum atomic E-state index is 12.5. The van der Waals surface area contributed by atoms with Crippen LogP contribution in [0.1, 0.15) is 51.9 Å². The van der Waals surface area contributed by atoms with E-state index in [1.54, 1.807) is 11.9 Å². The van der Waals surface area contributed by atoms with Crippen LogP contribution in [0.4, 0.5) is 0 Å². The SMILES string of the molecule is CCC1CCC(C(=O)N(C)CC(=O)N2CCCC(C(=O)O)C2)CC1. The highest BCUT2D eigenvalue weighted by Crippen LogP contribution is 2.31. The Morgan fingerprint density at radius 2 is 1.75 bits per heavy atom. The molecule has 0 radical (unpaired) electrons. The third kappa shape index (κ3) is 4.71. The molecule has 6 nitrogen and oxygen atoms in total. The van der Waals surface area contributed by atoms with Crippen molar-refractivity contribution in [1.29, 1.82) is 0 Å². The Morgan fingerprint density at radius 1 is 1.08 bits per heavy atom. The van der Waals surface area contributed by atoms with Gasteiger partial charge >= 0.3 is 5.97 Å². The lowest BCUT2D eigenvalue weighted by Gasteiger charge is -2.33. The number of hydrogen-bond donors (Lipinski definition) is 1. The number of carbonyl (C=O) groups excluding carboxylic acids is 2. The number of carbonyl (C=O) groups is 3. The number of aliphatic carboxylic acids is 1. The molecule has 1 saturated heterocycles. The standard InChI is InChI=1S/C18H30N2O4/c1-3-13-6-8-14(9-7-13)17(22)19(2)12-16(21)20-10-4-5-15(11-20)18(23)24/h13-15H,3-12H2,1-2H3,(H,23,24). The molecular weight excluding hydrogens is 308 g/mol. The fourth-order valence-electron chi connectivity index (χ4n) is 3.92. The summed E-state index contributed by atoms with van der Waals surface area (Å²) in [5, 5.41) is 9.12. The average molecular weight is 338 g/mol. The first-order valence-corrected chi connectivity index (χ1v) is 9.17. The van der Waals surface area contributed by atoms with Crippen LogP contribution in [0.5, 0.6) is 0 Å². The van der Waals surface area contributed by atoms with Gasteiger partial charge in [-0.1, -0.05) is 13.3 Å². The number of carboxylic acids is 1. The van der Waals surface area contributed by atoms with Gasteiger partial charge in [0.05, 0.1) is 12.5 Å². The summed E-state index contributed by atoms with van der Waals surface area (Å²) in [5.41, 5.74) is 0. The Hall–Kier alpha value is -1.59. The lowest BCUT2D eigenvalue weighted by Crippen LogP contribution is -2.47. The Balaban J connectivity index is 1.82. The maximum absolute atomic E-state index is 12.5. The molecule has 24 heavy (non-hydrogen) atoms. The average Bonchev–Trinajstić information content (AvgIpc) is 2.61. The molecule has 0 aromatic heterocycles. The van der Waals surface area contributed by atoms with E-state index in [0.717, 1.165) is 31.6 Å². The van der Waals surface area contributed by atoms with Crippen LogP contribution in [0.25, 0.3) is 0 Å². The second kappa shape index (κ2) is 8.49. The van der Waals surface area contributed by atoms with Gasteiger partial charge in [0.25, 0.3) is 0 Å². The van der Waals surface area contributed by atoms with E-state index >= 15 is 0 Å². The van der Waals surface area contributed by atoms with Crippen LogP contribution < -0.4 is 0 Å². The molecule has 0 bridgehead atoms. The molecule has 136 valence electrons. The Kier molecular flexibility index (Phi) is 6.63. The number of piperidine rings is 1. The van der Waals surface area contributed by atoms with Crippen molar-refractivity contribution < 1.29 is 19.5 Å². The van der Waals surface area contributed by atoms with Gasteiger partial charge in [0, 0.05) is 26.1 Å². The van der Waals surface area contributed by atoms with Crippen LogP contribution in [0, 0.1) is 17.8 Å². The van der Waals surface area contributed by atoms with Gasteiger partial charge in [-0.25, -0.2) is 0 Å². The van der Waals surface area contributed by atoms with Gasteiger partial charge in [-0.15, -0.1) is 0 Å². The number of likely N-dealkylation sites (N-methyl/N-ethyl adjacent to an activating group) is 1. The summed E-state index contributed by atoms with van der Waals surface area (Å²) in [6.45, 7) is 3.10. The highest BCUT2D eigenvalue weighted by Gasteiger charge is 2.31. The molecule has 1 atom stereocenters. The van der Waals surface area contributed by atoms with Crippen molar-refractivity contribution in [3.8, 4) is 0 Å². The van der Waals surface area contributed by atoms with Gasteiger partial charge in [0.2, 0.25) is 11.8 Å². The van der Waals surface area contributed by atoms with Crippen LogP contribution in [0.3, 0.4) is 0 Å². The van der Waals surface area contributed by atoms with Crippen molar-refractivity contribution >= 4 is 17.8 Å². The fraction of sp³-hybridized carbons (Fsp3) is 0.833. The summed E-state index contributed by atoms with van der Waals surface area (Å²) < 4.78 is 0. The molecule has 1 saturated carbocycles. The van der Waals surface area contributed by atoms with Crippen LogP contribution in [0.2, 0.25) is 0 Å². The number of rotatable bonds is 5. The number of amides is 2. The van der Waals surface area contributed by atoms with Crippen molar-refractivity contribution in [2.24, 2.45) is 17.8 Å². The smallest absolute Gasteiger partial charge is 0.308 e. The van der Waals surface area contributed by atoms with Crippen LogP contribution in [0.15, 0.2) is 0 Å². The summed E-state index contributed by atoms with van der Waals surface area (Å²) in [7, 11) is 1.69. The first-order valence-electron chi connectivity index (χ1n) is 9.17. The van der Waals surface area contributed by atoms with Crippen LogP contribution >= 0.6 is 0 Å². The van der Waals surface area contributed by atoms with E-state index < -0.39 is 11.9 Å². The summed E-state index contributed by atoms with van der Waals surface area (Å²) in [6.07, 6.45) is 6.54. The number of likely N-dealkylation sites (tertiary alicyclic amines) is 1. The van der Waals surface area contributed by atoms with E-state index in [9.17, 15) is 14.4 Å². The summed E-state index contributed by atoms with van der Waals surface area (Å²) in [6, 6.07) is 0. The summed E-state index contributed by atoms with van der Waals surface area (Å²) in [5.74, 6) is -0.623. The second-order valence-electron chi connectivity index (χ2n) is 7.34. The van der Waals surface area contributed by atoms with E-state index in [2.05, 4.69) is 6.92 Å². The molecule has 2 aliphatic rings. The van der Waals surface area contributed by atoms with Crippen molar-refractivity contribution in [3.63, 3.8) is 0 Å². The molecule has 0 spiro atoms. The molecule has 0 aromatic rings. The molecule has 1 aliphatic heterocycles. The van der Waals surface area contributed by atoms with Crippen LogP contribution in [-0.4, -0.2) is 59.4 Å². The maximum Gasteiger partial charge on any atom is 0.308 e. The molecule has 2 rings (SSSR count). The quantitative estimate of drug-likeness (QED) is 0.831. The minimum Gasteiger partial charge on any atom is -0.481 e. The third-order valence-corrected chi connectivity index (χ3v) is 5.65. The molecule has 1 heterocycles. The van der Waals surface area contributed by atoms with E-state index in [1.807, 2.05) is 0 Å². The molecule has 1 aliphatic carbocycles. The highest BCUT2D eigenvalue weighted by atomic mass is 16.4. The second-order valence-corrected chi connectivity index (χ2v) is 7.34. The van der Waals surface area contributed by atoms with E-state index in [0.29, 0.717) is 19.4 Å². The first kappa shape index (κ1) is 18.7. The van der Waals surface area contributed by atoms with Crippen molar-refractivity contribution in [2.45, 2.75) is 51.9 Å². The van der Waals surface area contributed by atoms with Gasteiger partial charge < -0.3 is 14.9 Å². The van der Waals surface area contributed by atoms with Crippen LogP contribution in [-0.2, 0) is 14.4 Å². The lowest BCUT2D eigenvalue weighted by atomic mass is 9.80. The molecule has 6 heteroatoms. The van der Waals surface area contributed by atoms with Gasteiger partial charge in [0.15, 0.2) is 0 Å². The lowest BCUT2D eigenvalue weighted by molar-refractivity contribution is -0.148. The minimum absolute atomic E-state index is 0.0405. The Bertz CT molecular complexity index is 472. The topological polar surface area (TPSA) is 77.9 Å².